The van der Waals surface area contributed by atoms with Gasteiger partial charge in [-0.15, -0.1) is 11.3 Å². The van der Waals surface area contributed by atoms with Gasteiger partial charge in [0.2, 0.25) is 0 Å². The molecule has 0 radical (unpaired) electrons. The number of carboxylic acids is 1. The van der Waals surface area contributed by atoms with Gasteiger partial charge in [-0.25, -0.2) is 4.79 Å². The fourth-order valence-corrected chi connectivity index (χ4v) is 2.37. The molecule has 20 heavy (non-hydrogen) atoms. The number of nitro groups is 1. The van der Waals surface area contributed by atoms with E-state index in [1.807, 2.05) is 6.92 Å². The summed E-state index contributed by atoms with van der Waals surface area (Å²) in [4.78, 5) is 22.0. The Bertz CT molecular complexity index is 665. The number of rotatable bonds is 5. The molecule has 0 aliphatic carbocycles. The van der Waals surface area contributed by atoms with Crippen molar-refractivity contribution in [3.05, 3.63) is 55.8 Å². The molecule has 1 heterocycles. The largest absolute Gasteiger partial charge is 0.481 e. The molecule has 0 saturated heterocycles. The van der Waals surface area contributed by atoms with E-state index in [1.165, 1.54) is 12.1 Å². The first-order valence-corrected chi connectivity index (χ1v) is 6.49. The molecular formula is C13H11NO5S. The van der Waals surface area contributed by atoms with Crippen molar-refractivity contribution in [3.8, 4) is 5.75 Å². The molecule has 2 aromatic rings. The Hall–Kier alpha value is -2.41. The number of hydrogen-bond acceptors (Lipinski definition) is 5. The Morgan fingerprint density at radius 1 is 1.40 bits per heavy atom. The van der Waals surface area contributed by atoms with E-state index >= 15 is 0 Å². The molecular weight excluding hydrogens is 282 g/mol. The molecule has 1 N–H and O–H groups in total. The van der Waals surface area contributed by atoms with Crippen LogP contribution >= 0.6 is 11.3 Å². The lowest BCUT2D eigenvalue weighted by Crippen LogP contribution is -1.98. The lowest BCUT2D eigenvalue weighted by Gasteiger charge is -2.06. The van der Waals surface area contributed by atoms with Crippen molar-refractivity contribution < 1.29 is 19.6 Å². The summed E-state index contributed by atoms with van der Waals surface area (Å²) in [6, 6.07) is 7.73. The van der Waals surface area contributed by atoms with Gasteiger partial charge in [-0.3, -0.25) is 10.1 Å². The topological polar surface area (TPSA) is 89.7 Å². The highest BCUT2D eigenvalue weighted by Gasteiger charge is 2.15. The zero-order chi connectivity index (χ0) is 14.7. The van der Waals surface area contributed by atoms with Crippen molar-refractivity contribution in [2.24, 2.45) is 0 Å². The van der Waals surface area contributed by atoms with Crippen LogP contribution in [0.5, 0.6) is 5.75 Å². The summed E-state index contributed by atoms with van der Waals surface area (Å²) in [5.74, 6) is -0.817. The van der Waals surface area contributed by atoms with Crippen molar-refractivity contribution in [2.45, 2.75) is 13.5 Å². The fraction of sp³-hybridized carbons (Fsp3) is 0.154. The molecule has 0 fully saturated rings. The Morgan fingerprint density at radius 2 is 2.15 bits per heavy atom. The molecule has 0 aliphatic rings. The fourth-order valence-electron chi connectivity index (χ4n) is 1.61. The number of carboxylic acid groups (broad SMARTS) is 1. The number of benzene rings is 1. The Kier molecular flexibility index (Phi) is 3.99. The van der Waals surface area contributed by atoms with Crippen LogP contribution in [-0.4, -0.2) is 16.0 Å². The zero-order valence-electron chi connectivity index (χ0n) is 10.5. The van der Waals surface area contributed by atoms with E-state index in [1.54, 1.807) is 18.2 Å². The second-order valence-corrected chi connectivity index (χ2v) is 5.26. The number of ether oxygens (including phenoxy) is 1. The Labute approximate surface area is 118 Å². The highest BCUT2D eigenvalue weighted by atomic mass is 32.1. The summed E-state index contributed by atoms with van der Waals surface area (Å²) in [5, 5.41) is 19.7. The highest BCUT2D eigenvalue weighted by molar-refractivity contribution is 7.13. The number of hydrogen-bond donors (Lipinski definition) is 1. The van der Waals surface area contributed by atoms with Crippen LogP contribution in [0.4, 0.5) is 5.69 Å². The normalized spacial score (nSPS) is 10.2. The van der Waals surface area contributed by atoms with Crippen molar-refractivity contribution in [1.29, 1.82) is 0 Å². The lowest BCUT2D eigenvalue weighted by atomic mass is 10.2. The maximum absolute atomic E-state index is 10.9. The van der Waals surface area contributed by atoms with Crippen LogP contribution in [0.1, 0.15) is 20.1 Å². The average Bonchev–Trinajstić information content (AvgIpc) is 2.85. The third kappa shape index (κ3) is 3.12. The van der Waals surface area contributed by atoms with Crippen molar-refractivity contribution >= 4 is 23.0 Å². The predicted molar refractivity (Wildman–Crippen MR) is 73.4 cm³/mol. The molecule has 0 saturated carbocycles. The summed E-state index contributed by atoms with van der Waals surface area (Å²) < 4.78 is 5.43. The van der Waals surface area contributed by atoms with E-state index in [0.29, 0.717) is 4.88 Å². The van der Waals surface area contributed by atoms with Crippen LogP contribution in [-0.2, 0) is 6.61 Å². The van der Waals surface area contributed by atoms with Crippen LogP contribution < -0.4 is 4.74 Å². The lowest BCUT2D eigenvalue weighted by molar-refractivity contribution is -0.385. The molecule has 2 rings (SSSR count). The summed E-state index contributed by atoms with van der Waals surface area (Å²) in [6.45, 7) is 1.91. The van der Waals surface area contributed by atoms with Gasteiger partial charge in [-0.2, -0.15) is 0 Å². The first-order chi connectivity index (χ1) is 9.47. The molecule has 0 amide bonds. The van der Waals surface area contributed by atoms with Gasteiger partial charge in [0.1, 0.15) is 11.5 Å². The SMILES string of the molecule is Cc1ccc([N+](=O)[O-])c(OCc2ccc(C(=O)O)s2)c1. The van der Waals surface area contributed by atoms with Crippen LogP contribution in [0.2, 0.25) is 0 Å². The summed E-state index contributed by atoms with van der Waals surface area (Å²) in [5.41, 5.74) is 0.744. The van der Waals surface area contributed by atoms with Gasteiger partial charge in [0.05, 0.1) is 4.92 Å². The minimum atomic E-state index is -0.997. The minimum Gasteiger partial charge on any atom is -0.481 e. The quantitative estimate of drug-likeness (QED) is 0.675. The van der Waals surface area contributed by atoms with Crippen LogP contribution in [0.25, 0.3) is 0 Å². The number of nitrogens with zero attached hydrogens (tertiary/aromatic N) is 1. The van der Waals surface area contributed by atoms with E-state index in [4.69, 9.17) is 9.84 Å². The van der Waals surface area contributed by atoms with Gasteiger partial charge in [-0.1, -0.05) is 6.07 Å². The molecule has 0 unspecified atom stereocenters. The molecule has 1 aromatic carbocycles. The van der Waals surface area contributed by atoms with E-state index in [9.17, 15) is 14.9 Å². The first kappa shape index (κ1) is 14.0. The summed E-state index contributed by atoms with van der Waals surface area (Å²) in [7, 11) is 0. The first-order valence-electron chi connectivity index (χ1n) is 5.67. The number of aromatic carboxylic acids is 1. The molecule has 6 nitrogen and oxygen atoms in total. The third-order valence-electron chi connectivity index (χ3n) is 2.55. The standard InChI is InChI=1S/C13H11NO5S/c1-8-2-4-10(14(17)18)11(6-8)19-7-9-3-5-12(20-9)13(15)16/h2-6H,7H2,1H3,(H,15,16). The van der Waals surface area contributed by atoms with Gasteiger partial charge in [0.25, 0.3) is 0 Å². The molecule has 1 aromatic heterocycles. The summed E-state index contributed by atoms with van der Waals surface area (Å²) >= 11 is 1.08. The van der Waals surface area contributed by atoms with Crippen LogP contribution in [0.3, 0.4) is 0 Å². The van der Waals surface area contributed by atoms with Crippen molar-refractivity contribution in [2.75, 3.05) is 0 Å². The molecule has 0 aliphatic heterocycles. The molecule has 0 bridgehead atoms. The number of thiophene rings is 1. The van der Waals surface area contributed by atoms with Gasteiger partial charge >= 0.3 is 11.7 Å². The van der Waals surface area contributed by atoms with Crippen LogP contribution in [0, 0.1) is 17.0 Å². The minimum absolute atomic E-state index is 0.0994. The highest BCUT2D eigenvalue weighted by Crippen LogP contribution is 2.29. The molecule has 0 atom stereocenters. The number of aryl methyl sites for hydroxylation is 1. The monoisotopic (exact) mass is 293 g/mol. The molecule has 7 heteroatoms. The molecule has 0 spiro atoms. The van der Waals surface area contributed by atoms with E-state index in [0.717, 1.165) is 16.9 Å². The van der Waals surface area contributed by atoms with Crippen molar-refractivity contribution in [3.63, 3.8) is 0 Å². The smallest absolute Gasteiger partial charge is 0.345 e. The van der Waals surface area contributed by atoms with Gasteiger partial charge < -0.3 is 9.84 Å². The Balaban J connectivity index is 2.15. The number of nitro benzene ring substituents is 1. The van der Waals surface area contributed by atoms with Gasteiger partial charge in [0.15, 0.2) is 5.75 Å². The summed E-state index contributed by atoms with van der Waals surface area (Å²) in [6.07, 6.45) is 0. The second-order valence-electron chi connectivity index (χ2n) is 4.09. The van der Waals surface area contributed by atoms with E-state index in [-0.39, 0.29) is 22.9 Å². The second kappa shape index (κ2) is 5.70. The van der Waals surface area contributed by atoms with Gasteiger partial charge in [-0.05, 0) is 30.7 Å². The average molecular weight is 293 g/mol. The predicted octanol–water partition coefficient (Wildman–Crippen LogP) is 3.24. The van der Waals surface area contributed by atoms with E-state index < -0.39 is 10.9 Å². The third-order valence-corrected chi connectivity index (χ3v) is 3.60. The van der Waals surface area contributed by atoms with Crippen molar-refractivity contribution in [1.82, 2.24) is 0 Å². The maximum atomic E-state index is 10.9. The Morgan fingerprint density at radius 3 is 2.75 bits per heavy atom. The maximum Gasteiger partial charge on any atom is 0.345 e. The van der Waals surface area contributed by atoms with Gasteiger partial charge in [0, 0.05) is 10.9 Å². The zero-order valence-corrected chi connectivity index (χ0v) is 11.3. The van der Waals surface area contributed by atoms with E-state index in [2.05, 4.69) is 0 Å². The van der Waals surface area contributed by atoms with Crippen LogP contribution in [0.15, 0.2) is 30.3 Å². The molecule has 104 valence electrons. The number of carbonyl (C=O) groups is 1.